The minimum atomic E-state index is 0.553. The van der Waals surface area contributed by atoms with Gasteiger partial charge in [0.15, 0.2) is 0 Å². The summed E-state index contributed by atoms with van der Waals surface area (Å²) in [4.78, 5) is 14.1. The lowest BCUT2D eigenvalue weighted by atomic mass is 10.3. The molecule has 1 N–H and O–H groups in total. The lowest BCUT2D eigenvalue weighted by Crippen LogP contribution is -2.15. The molecule has 1 aromatic rings. The summed E-state index contributed by atoms with van der Waals surface area (Å²) in [7, 11) is 0. The molecule has 0 spiro atoms. The molecule has 1 rings (SSSR count). The first-order valence-electron chi connectivity index (χ1n) is 5.04. The second-order valence-electron chi connectivity index (χ2n) is 2.40. The van der Waals surface area contributed by atoms with Crippen LogP contribution in [0.25, 0.3) is 0 Å². The Morgan fingerprint density at radius 2 is 2.12 bits per heavy atom. The fourth-order valence-corrected chi connectivity index (χ4v) is 1.60. The summed E-state index contributed by atoms with van der Waals surface area (Å²) in [6.07, 6.45) is 11.0. The summed E-state index contributed by atoms with van der Waals surface area (Å²) in [5.74, 6) is 0. The van der Waals surface area contributed by atoms with Crippen molar-refractivity contribution in [2.24, 2.45) is 0 Å². The highest BCUT2D eigenvalue weighted by Crippen LogP contribution is 2.18. The molecule has 0 bridgehead atoms. The zero-order valence-electron chi connectivity index (χ0n) is 9.91. The second kappa shape index (κ2) is 13.0. The van der Waals surface area contributed by atoms with Crippen molar-refractivity contribution in [1.29, 1.82) is 0 Å². The first-order valence-corrected chi connectivity index (χ1v) is 6.21. The molecule has 0 aliphatic carbocycles. The second-order valence-corrected chi connectivity index (χ2v) is 3.73. The van der Waals surface area contributed by atoms with Crippen LogP contribution in [0.1, 0.15) is 19.5 Å². The fraction of sp³-hybridized carbons (Fsp3) is 0.333. The van der Waals surface area contributed by atoms with Gasteiger partial charge in [0, 0.05) is 23.6 Å². The van der Waals surface area contributed by atoms with Crippen LogP contribution in [-0.4, -0.2) is 17.9 Å². The highest BCUT2D eigenvalue weighted by molar-refractivity contribution is 9.10. The van der Waals surface area contributed by atoms with Crippen LogP contribution >= 0.6 is 27.5 Å². The molecular formula is C12H16BrClN2O. The molecule has 5 heteroatoms. The van der Waals surface area contributed by atoms with Crippen molar-refractivity contribution in [2.45, 2.75) is 20.3 Å². The fourth-order valence-electron chi connectivity index (χ4n) is 0.876. The minimum Gasteiger partial charge on any atom is -0.358 e. The summed E-state index contributed by atoms with van der Waals surface area (Å²) in [6, 6.07) is 1.78. The topological polar surface area (TPSA) is 42.0 Å². The van der Waals surface area contributed by atoms with Gasteiger partial charge in [-0.25, -0.2) is 0 Å². The molecule has 0 saturated heterocycles. The lowest BCUT2D eigenvalue weighted by Gasteiger charge is -2.02. The van der Waals surface area contributed by atoms with Crippen molar-refractivity contribution in [3.05, 3.63) is 27.5 Å². The Bertz CT molecular complexity index is 343. The zero-order valence-corrected chi connectivity index (χ0v) is 12.3. The van der Waals surface area contributed by atoms with Crippen molar-refractivity contribution < 1.29 is 4.79 Å². The molecule has 0 saturated carbocycles. The SMILES string of the molecule is C#C.CC.O=CNCCc1ncc(Br)cc1Cl. The quantitative estimate of drug-likeness (QED) is 0.526. The van der Waals surface area contributed by atoms with Crippen LogP contribution in [0.4, 0.5) is 0 Å². The molecule has 0 aliphatic rings. The average molecular weight is 320 g/mol. The molecule has 3 nitrogen and oxygen atoms in total. The van der Waals surface area contributed by atoms with Crippen LogP contribution in [0.3, 0.4) is 0 Å². The molecule has 0 atom stereocenters. The number of carbonyl (C=O) groups is 1. The third-order valence-corrected chi connectivity index (χ3v) is 2.23. The predicted octanol–water partition coefficient (Wildman–Crippen LogP) is 3.06. The monoisotopic (exact) mass is 318 g/mol. The Hall–Kier alpha value is -1.05. The van der Waals surface area contributed by atoms with Crippen LogP contribution in [0, 0.1) is 12.8 Å². The lowest BCUT2D eigenvalue weighted by molar-refractivity contribution is -0.109. The van der Waals surface area contributed by atoms with E-state index in [4.69, 9.17) is 11.6 Å². The number of nitrogens with one attached hydrogen (secondary N) is 1. The van der Waals surface area contributed by atoms with E-state index in [-0.39, 0.29) is 0 Å². The third-order valence-electron chi connectivity index (χ3n) is 1.47. The van der Waals surface area contributed by atoms with Crippen molar-refractivity contribution in [1.82, 2.24) is 10.3 Å². The van der Waals surface area contributed by atoms with Gasteiger partial charge < -0.3 is 5.32 Å². The number of halogens is 2. The van der Waals surface area contributed by atoms with E-state index in [1.807, 2.05) is 13.8 Å². The van der Waals surface area contributed by atoms with Crippen LogP contribution < -0.4 is 5.32 Å². The van der Waals surface area contributed by atoms with Gasteiger partial charge in [0.05, 0.1) is 10.7 Å². The van der Waals surface area contributed by atoms with Gasteiger partial charge in [-0.05, 0) is 22.0 Å². The third kappa shape index (κ3) is 8.73. The molecule has 1 heterocycles. The number of carbonyl (C=O) groups excluding carboxylic acids is 1. The van der Waals surface area contributed by atoms with E-state index in [1.54, 1.807) is 12.3 Å². The van der Waals surface area contributed by atoms with Crippen LogP contribution in [-0.2, 0) is 11.2 Å². The first-order chi connectivity index (χ1) is 8.24. The summed E-state index contributed by atoms with van der Waals surface area (Å²) in [5, 5.41) is 3.16. The van der Waals surface area contributed by atoms with Gasteiger partial charge in [-0.15, -0.1) is 12.8 Å². The van der Waals surface area contributed by atoms with Crippen LogP contribution in [0.5, 0.6) is 0 Å². The Labute approximate surface area is 116 Å². The molecule has 17 heavy (non-hydrogen) atoms. The Morgan fingerprint density at radius 1 is 1.53 bits per heavy atom. The van der Waals surface area contributed by atoms with E-state index >= 15 is 0 Å². The normalized spacial score (nSPS) is 7.88. The summed E-state index contributed by atoms with van der Waals surface area (Å²) >= 11 is 9.16. The number of hydrogen-bond donors (Lipinski definition) is 1. The van der Waals surface area contributed by atoms with E-state index in [2.05, 4.69) is 39.1 Å². The number of hydrogen-bond acceptors (Lipinski definition) is 2. The molecule has 0 radical (unpaired) electrons. The molecule has 0 aromatic carbocycles. The minimum absolute atomic E-state index is 0.553. The molecule has 94 valence electrons. The van der Waals surface area contributed by atoms with Crippen LogP contribution in [0.2, 0.25) is 5.02 Å². The van der Waals surface area contributed by atoms with Gasteiger partial charge in [0.2, 0.25) is 6.41 Å². The Morgan fingerprint density at radius 3 is 2.59 bits per heavy atom. The number of terminal acetylenes is 1. The van der Waals surface area contributed by atoms with Crippen molar-refractivity contribution in [3.8, 4) is 12.8 Å². The highest BCUT2D eigenvalue weighted by atomic mass is 79.9. The summed E-state index contributed by atoms with van der Waals surface area (Å²) in [5.41, 5.74) is 0.791. The molecular weight excluding hydrogens is 304 g/mol. The Kier molecular flexibility index (Phi) is 14.0. The standard InChI is InChI=1S/C8H8BrClN2O.C2H6.C2H2/c9-6-3-7(10)8(12-4-6)1-2-11-5-13;2*1-2/h3-5H,1-2H2,(H,11,13);1-2H3;1-2H. The number of nitrogens with zero attached hydrogens (tertiary/aromatic N) is 1. The summed E-state index contributed by atoms with van der Waals surface area (Å²) < 4.78 is 0.851. The van der Waals surface area contributed by atoms with Gasteiger partial charge in [0.25, 0.3) is 0 Å². The van der Waals surface area contributed by atoms with Gasteiger partial charge in [0.1, 0.15) is 0 Å². The zero-order chi connectivity index (χ0) is 13.7. The van der Waals surface area contributed by atoms with Gasteiger partial charge in [-0.1, -0.05) is 25.4 Å². The van der Waals surface area contributed by atoms with Crippen molar-refractivity contribution in [3.63, 3.8) is 0 Å². The van der Waals surface area contributed by atoms with Gasteiger partial charge in [-0.3, -0.25) is 9.78 Å². The molecule has 0 unspecified atom stereocenters. The molecule has 0 aliphatic heterocycles. The maximum Gasteiger partial charge on any atom is 0.207 e. The van der Waals surface area contributed by atoms with Crippen molar-refractivity contribution in [2.75, 3.05) is 6.54 Å². The average Bonchev–Trinajstić information content (AvgIpc) is 2.37. The van der Waals surface area contributed by atoms with E-state index in [0.717, 1.165) is 10.2 Å². The Balaban J connectivity index is 0. The van der Waals surface area contributed by atoms with E-state index < -0.39 is 0 Å². The maximum atomic E-state index is 9.96. The highest BCUT2D eigenvalue weighted by Gasteiger charge is 2.01. The predicted molar refractivity (Wildman–Crippen MR) is 76.0 cm³/mol. The number of pyridine rings is 1. The van der Waals surface area contributed by atoms with Gasteiger partial charge >= 0.3 is 0 Å². The maximum absolute atomic E-state index is 9.96. The van der Waals surface area contributed by atoms with Gasteiger partial charge in [-0.2, -0.15) is 0 Å². The largest absolute Gasteiger partial charge is 0.358 e. The number of rotatable bonds is 4. The smallest absolute Gasteiger partial charge is 0.207 e. The van der Waals surface area contributed by atoms with Crippen molar-refractivity contribution >= 4 is 33.9 Å². The van der Waals surface area contributed by atoms with E-state index in [0.29, 0.717) is 24.4 Å². The molecule has 0 fully saturated rings. The first kappa shape index (κ1) is 18.3. The number of aromatic nitrogens is 1. The van der Waals surface area contributed by atoms with E-state index in [1.165, 1.54) is 0 Å². The number of amides is 1. The van der Waals surface area contributed by atoms with E-state index in [9.17, 15) is 4.79 Å². The molecule has 1 aromatic heterocycles. The van der Waals surface area contributed by atoms with Crippen LogP contribution in [0.15, 0.2) is 16.7 Å². The molecule has 1 amide bonds. The summed E-state index contributed by atoms with van der Waals surface area (Å²) in [6.45, 7) is 4.55.